The lowest BCUT2D eigenvalue weighted by molar-refractivity contribution is -0.192. The van der Waals surface area contributed by atoms with Crippen molar-refractivity contribution < 1.29 is 37.3 Å². The summed E-state index contributed by atoms with van der Waals surface area (Å²) in [5.74, 6) is -2.56. The SMILES string of the molecule is O=C(Cc1cccs1)N1CC[C@]2(C[C@@H](OCc3ccncc3)CO2)C1.O=C(O)C(F)(F)F. The van der Waals surface area contributed by atoms with Crippen LogP contribution in [0.4, 0.5) is 13.2 Å². The minimum atomic E-state index is -5.08. The van der Waals surface area contributed by atoms with Gasteiger partial charge in [-0.15, -0.1) is 11.3 Å². The summed E-state index contributed by atoms with van der Waals surface area (Å²) in [6.45, 7) is 2.65. The Morgan fingerprint density at radius 1 is 1.31 bits per heavy atom. The highest BCUT2D eigenvalue weighted by atomic mass is 32.1. The molecule has 2 saturated heterocycles. The molecule has 0 aromatic carbocycles. The van der Waals surface area contributed by atoms with Crippen LogP contribution < -0.4 is 0 Å². The Hall–Kier alpha value is -2.50. The van der Waals surface area contributed by atoms with E-state index >= 15 is 0 Å². The van der Waals surface area contributed by atoms with E-state index in [4.69, 9.17) is 19.4 Å². The zero-order valence-electron chi connectivity index (χ0n) is 17.1. The number of pyridine rings is 1. The number of hydrogen-bond acceptors (Lipinski definition) is 6. The number of hydrogen-bond donors (Lipinski definition) is 1. The van der Waals surface area contributed by atoms with Crippen molar-refractivity contribution in [3.8, 4) is 0 Å². The molecule has 2 aromatic heterocycles. The number of rotatable bonds is 5. The topological polar surface area (TPSA) is 89.0 Å². The zero-order chi connectivity index (χ0) is 23.2. The molecule has 32 heavy (non-hydrogen) atoms. The molecule has 4 rings (SSSR count). The van der Waals surface area contributed by atoms with Crippen LogP contribution in [0.15, 0.2) is 42.0 Å². The molecule has 1 spiro atoms. The van der Waals surface area contributed by atoms with Gasteiger partial charge >= 0.3 is 12.1 Å². The first-order chi connectivity index (χ1) is 15.2. The summed E-state index contributed by atoms with van der Waals surface area (Å²) in [6, 6.07) is 7.94. The van der Waals surface area contributed by atoms with E-state index in [0.717, 1.165) is 29.8 Å². The van der Waals surface area contributed by atoms with E-state index in [1.807, 2.05) is 34.5 Å². The number of carboxylic acids is 1. The molecule has 7 nitrogen and oxygen atoms in total. The van der Waals surface area contributed by atoms with Crippen molar-refractivity contribution in [1.82, 2.24) is 9.88 Å². The van der Waals surface area contributed by atoms with Gasteiger partial charge in [-0.1, -0.05) is 6.07 Å². The Bertz CT molecular complexity index is 895. The number of carbonyl (C=O) groups is 2. The third-order valence-corrected chi connectivity index (χ3v) is 6.10. The van der Waals surface area contributed by atoms with Gasteiger partial charge in [0.2, 0.25) is 5.91 Å². The van der Waals surface area contributed by atoms with E-state index in [2.05, 4.69) is 4.98 Å². The summed E-state index contributed by atoms with van der Waals surface area (Å²) in [4.78, 5) is 28.5. The highest BCUT2D eigenvalue weighted by Gasteiger charge is 2.47. The molecule has 1 amide bonds. The molecule has 0 saturated carbocycles. The van der Waals surface area contributed by atoms with E-state index in [0.29, 0.717) is 26.2 Å². The summed E-state index contributed by atoms with van der Waals surface area (Å²) in [5, 5.41) is 9.14. The van der Waals surface area contributed by atoms with Gasteiger partial charge in [0.25, 0.3) is 0 Å². The second-order valence-corrected chi connectivity index (χ2v) is 8.64. The fourth-order valence-corrected chi connectivity index (χ4v) is 4.31. The van der Waals surface area contributed by atoms with Gasteiger partial charge in [0.15, 0.2) is 0 Å². The standard InChI is InChI=1S/C19H22N2O3S.C2HF3O2/c22-18(10-17-2-1-9-25-17)21-8-5-19(14-21)11-16(13-24-19)23-12-15-3-6-20-7-4-15;3-2(4,5)1(6)7/h1-4,6-7,9,16H,5,8,10-14H2;(H,6,7)/t16-,19+;/m1./s1. The first kappa shape index (κ1) is 24.1. The summed E-state index contributed by atoms with van der Waals surface area (Å²) < 4.78 is 43.8. The third-order valence-electron chi connectivity index (χ3n) is 5.23. The van der Waals surface area contributed by atoms with Crippen LogP contribution in [-0.2, 0) is 32.1 Å². The molecule has 2 aliphatic heterocycles. The Labute approximate surface area is 186 Å². The normalized spacial score (nSPS) is 22.6. The first-order valence-electron chi connectivity index (χ1n) is 9.92. The minimum absolute atomic E-state index is 0.0977. The largest absolute Gasteiger partial charge is 0.490 e. The lowest BCUT2D eigenvalue weighted by atomic mass is 9.98. The fourth-order valence-electron chi connectivity index (χ4n) is 3.62. The van der Waals surface area contributed by atoms with Gasteiger partial charge in [0, 0.05) is 36.8 Å². The van der Waals surface area contributed by atoms with E-state index in [1.54, 1.807) is 23.7 Å². The van der Waals surface area contributed by atoms with E-state index in [9.17, 15) is 18.0 Å². The number of halogens is 3. The first-order valence-corrected chi connectivity index (χ1v) is 10.8. The van der Waals surface area contributed by atoms with Crippen molar-refractivity contribution >= 4 is 23.2 Å². The van der Waals surface area contributed by atoms with Gasteiger partial charge in [-0.3, -0.25) is 9.78 Å². The molecule has 2 aliphatic rings. The van der Waals surface area contributed by atoms with E-state index in [-0.39, 0.29) is 17.6 Å². The number of nitrogens with zero attached hydrogens (tertiary/aromatic N) is 2. The van der Waals surface area contributed by atoms with Gasteiger partial charge in [-0.25, -0.2) is 4.79 Å². The maximum Gasteiger partial charge on any atom is 0.490 e. The average Bonchev–Trinajstić information content (AvgIpc) is 3.50. The molecule has 1 N–H and O–H groups in total. The van der Waals surface area contributed by atoms with Crippen molar-refractivity contribution in [2.75, 3.05) is 19.7 Å². The second kappa shape index (κ2) is 10.4. The molecular formula is C21H23F3N2O5S. The number of carbonyl (C=O) groups excluding carboxylic acids is 1. The Morgan fingerprint density at radius 3 is 2.66 bits per heavy atom. The Balaban J connectivity index is 0.000000360. The van der Waals surface area contributed by atoms with Crippen molar-refractivity contribution in [3.63, 3.8) is 0 Å². The van der Waals surface area contributed by atoms with Crippen molar-refractivity contribution in [3.05, 3.63) is 52.5 Å². The number of likely N-dealkylation sites (tertiary alicyclic amines) is 1. The highest BCUT2D eigenvalue weighted by Crippen LogP contribution is 2.36. The lowest BCUT2D eigenvalue weighted by Gasteiger charge is -2.23. The molecule has 0 aliphatic carbocycles. The highest BCUT2D eigenvalue weighted by molar-refractivity contribution is 7.10. The smallest absolute Gasteiger partial charge is 0.475 e. The number of ether oxygens (including phenoxy) is 2. The number of amides is 1. The quantitative estimate of drug-likeness (QED) is 0.719. The van der Waals surface area contributed by atoms with Crippen molar-refractivity contribution in [2.24, 2.45) is 0 Å². The molecule has 0 radical (unpaired) electrons. The maximum atomic E-state index is 12.5. The van der Waals surface area contributed by atoms with E-state index in [1.165, 1.54) is 0 Å². The van der Waals surface area contributed by atoms with Crippen LogP contribution in [0, 0.1) is 0 Å². The average molecular weight is 472 g/mol. The molecule has 2 atom stereocenters. The van der Waals surface area contributed by atoms with Crippen LogP contribution in [0.1, 0.15) is 23.3 Å². The van der Waals surface area contributed by atoms with Crippen molar-refractivity contribution in [2.45, 2.75) is 43.8 Å². The summed E-state index contributed by atoms with van der Waals surface area (Å²) in [7, 11) is 0. The number of thiophene rings is 1. The summed E-state index contributed by atoms with van der Waals surface area (Å²) in [5.41, 5.74) is 0.906. The van der Waals surface area contributed by atoms with Crippen LogP contribution >= 0.6 is 11.3 Å². The maximum absolute atomic E-state index is 12.5. The predicted molar refractivity (Wildman–Crippen MR) is 109 cm³/mol. The molecule has 11 heteroatoms. The van der Waals surface area contributed by atoms with Gasteiger partial charge in [-0.05, 0) is 35.6 Å². The zero-order valence-corrected chi connectivity index (χ0v) is 17.9. The number of carboxylic acid groups (broad SMARTS) is 1. The van der Waals surface area contributed by atoms with Crippen LogP contribution in [-0.4, -0.2) is 64.4 Å². The van der Waals surface area contributed by atoms with Gasteiger partial charge in [0.05, 0.1) is 31.3 Å². The third kappa shape index (κ3) is 6.75. The van der Waals surface area contributed by atoms with Gasteiger partial charge < -0.3 is 19.5 Å². The van der Waals surface area contributed by atoms with Crippen LogP contribution in [0.5, 0.6) is 0 Å². The number of aliphatic carboxylic acids is 1. The van der Waals surface area contributed by atoms with Gasteiger partial charge in [-0.2, -0.15) is 13.2 Å². The molecule has 0 bridgehead atoms. The second-order valence-electron chi connectivity index (χ2n) is 7.61. The van der Waals surface area contributed by atoms with Crippen LogP contribution in [0.2, 0.25) is 0 Å². The molecule has 2 fully saturated rings. The molecule has 174 valence electrons. The predicted octanol–water partition coefficient (Wildman–Crippen LogP) is 3.30. The van der Waals surface area contributed by atoms with Crippen LogP contribution in [0.25, 0.3) is 0 Å². The number of alkyl halides is 3. The number of aromatic nitrogens is 1. The van der Waals surface area contributed by atoms with Crippen LogP contribution in [0.3, 0.4) is 0 Å². The fraction of sp³-hybridized carbons (Fsp3) is 0.476. The van der Waals surface area contributed by atoms with Gasteiger partial charge in [0.1, 0.15) is 0 Å². The van der Waals surface area contributed by atoms with Crippen molar-refractivity contribution in [1.29, 1.82) is 0 Å². The molecule has 2 aromatic rings. The Morgan fingerprint density at radius 2 is 2.03 bits per heavy atom. The minimum Gasteiger partial charge on any atom is -0.475 e. The van der Waals surface area contributed by atoms with E-state index < -0.39 is 12.1 Å². The Kier molecular flexibility index (Phi) is 7.86. The monoisotopic (exact) mass is 472 g/mol. The summed E-state index contributed by atoms with van der Waals surface area (Å²) >= 11 is 1.64. The lowest BCUT2D eigenvalue weighted by Crippen LogP contribution is -2.36. The molecule has 4 heterocycles. The molecular weight excluding hydrogens is 449 g/mol. The molecule has 0 unspecified atom stereocenters. The summed E-state index contributed by atoms with van der Waals surface area (Å²) in [6.07, 6.45) is 0.828.